The molecular weight excluding hydrogens is 384 g/mol. The smallest absolute Gasteiger partial charge is 0.330 e. The van der Waals surface area contributed by atoms with Crippen LogP contribution in [-0.4, -0.2) is 44.1 Å². The minimum atomic E-state index is -0.433. The van der Waals surface area contributed by atoms with Gasteiger partial charge in [0.05, 0.1) is 13.2 Å². The number of carbonyl (C=O) groups is 3. The van der Waals surface area contributed by atoms with Crippen molar-refractivity contribution in [1.82, 2.24) is 10.6 Å². The minimum Gasteiger partial charge on any atom is -0.493 e. The van der Waals surface area contributed by atoms with Gasteiger partial charge in [-0.1, -0.05) is 31.4 Å². The average Bonchev–Trinajstić information content (AvgIpc) is 2.77. The Morgan fingerprint density at radius 3 is 2.10 bits per heavy atom. The van der Waals surface area contributed by atoms with E-state index in [1.54, 1.807) is 6.08 Å². The van der Waals surface area contributed by atoms with Crippen molar-refractivity contribution in [1.29, 1.82) is 0 Å². The van der Waals surface area contributed by atoms with Gasteiger partial charge in [-0.15, -0.1) is 0 Å². The Hall–Kier alpha value is -3.35. The Morgan fingerprint density at radius 2 is 1.47 bits per heavy atom. The average molecular weight is 415 g/mol. The lowest BCUT2D eigenvalue weighted by Gasteiger charge is -2.09. The molecule has 0 aromatic heterocycles. The molecule has 2 N–H and O–H groups in total. The first-order valence-corrected chi connectivity index (χ1v) is 9.94. The molecule has 1 rings (SSSR count). The maximum atomic E-state index is 11.9. The second-order valence-corrected chi connectivity index (χ2v) is 6.29. The van der Waals surface area contributed by atoms with E-state index in [-0.39, 0.29) is 18.4 Å². The third-order valence-corrected chi connectivity index (χ3v) is 3.93. The molecule has 0 saturated heterocycles. The molecule has 0 spiro atoms. The first-order chi connectivity index (χ1) is 14.6. The van der Waals surface area contributed by atoms with Crippen molar-refractivity contribution in [3.8, 4) is 5.75 Å². The van der Waals surface area contributed by atoms with Crippen molar-refractivity contribution in [3.63, 3.8) is 0 Å². The van der Waals surface area contributed by atoms with Crippen LogP contribution in [-0.2, 0) is 19.1 Å². The molecule has 162 valence electrons. The number of rotatable bonds is 15. The summed E-state index contributed by atoms with van der Waals surface area (Å²) in [7, 11) is 0. The van der Waals surface area contributed by atoms with E-state index >= 15 is 0 Å². The van der Waals surface area contributed by atoms with Gasteiger partial charge in [-0.2, -0.15) is 0 Å². The number of hydrogen-bond acceptors (Lipinski definition) is 5. The van der Waals surface area contributed by atoms with Crippen LogP contribution in [0.4, 0.5) is 0 Å². The van der Waals surface area contributed by atoms with Crippen LogP contribution < -0.4 is 15.4 Å². The molecule has 0 aliphatic rings. The van der Waals surface area contributed by atoms with Crippen LogP contribution in [0.15, 0.2) is 55.7 Å². The molecule has 0 atom stereocenters. The van der Waals surface area contributed by atoms with E-state index in [0.29, 0.717) is 38.3 Å². The zero-order valence-corrected chi connectivity index (χ0v) is 17.2. The number of esters is 1. The lowest BCUT2D eigenvalue weighted by Crippen LogP contribution is -2.22. The standard InChI is InChI=1S/C23H30N2O5/c1-3-21(26)24-15-7-9-17-29-20-12-6-5-11-19(20)13-14-23(28)30-18-10-8-16-25-22(27)4-2/h3-6,11-14H,1-2,7-10,15-18H2,(H,24,26)(H,25,27). The van der Waals surface area contributed by atoms with Gasteiger partial charge in [-0.3, -0.25) is 9.59 Å². The Kier molecular flexibility index (Phi) is 12.8. The quantitative estimate of drug-likeness (QED) is 0.261. The van der Waals surface area contributed by atoms with Gasteiger partial charge in [0, 0.05) is 24.7 Å². The molecule has 0 aliphatic heterocycles. The monoisotopic (exact) mass is 414 g/mol. The van der Waals surface area contributed by atoms with Crippen LogP contribution in [0.5, 0.6) is 5.75 Å². The lowest BCUT2D eigenvalue weighted by molar-refractivity contribution is -0.137. The summed E-state index contributed by atoms with van der Waals surface area (Å²) in [5.74, 6) is -0.152. The Bertz CT molecular complexity index is 743. The van der Waals surface area contributed by atoms with Gasteiger partial charge in [0.15, 0.2) is 0 Å². The summed E-state index contributed by atoms with van der Waals surface area (Å²) in [6, 6.07) is 7.41. The van der Waals surface area contributed by atoms with E-state index in [1.165, 1.54) is 18.2 Å². The molecule has 0 fully saturated rings. The predicted molar refractivity (Wildman–Crippen MR) is 117 cm³/mol. The third-order valence-electron chi connectivity index (χ3n) is 3.93. The molecule has 0 saturated carbocycles. The van der Waals surface area contributed by atoms with Crippen LogP contribution in [0.3, 0.4) is 0 Å². The van der Waals surface area contributed by atoms with Gasteiger partial charge >= 0.3 is 5.97 Å². The molecule has 1 aromatic rings. The van der Waals surface area contributed by atoms with Gasteiger partial charge < -0.3 is 20.1 Å². The zero-order chi connectivity index (χ0) is 22.0. The van der Waals surface area contributed by atoms with Gasteiger partial charge in [-0.05, 0) is 50.0 Å². The number of ether oxygens (including phenoxy) is 2. The summed E-state index contributed by atoms with van der Waals surface area (Å²) in [5, 5.41) is 5.37. The molecule has 0 radical (unpaired) electrons. The van der Waals surface area contributed by atoms with Crippen LogP contribution in [0.1, 0.15) is 31.2 Å². The van der Waals surface area contributed by atoms with E-state index in [2.05, 4.69) is 23.8 Å². The molecular formula is C23H30N2O5. The fourth-order valence-electron chi connectivity index (χ4n) is 2.33. The largest absolute Gasteiger partial charge is 0.493 e. The van der Waals surface area contributed by atoms with Crippen molar-refractivity contribution in [2.45, 2.75) is 25.7 Å². The molecule has 30 heavy (non-hydrogen) atoms. The molecule has 1 aromatic carbocycles. The summed E-state index contributed by atoms with van der Waals surface area (Å²) >= 11 is 0. The maximum Gasteiger partial charge on any atom is 0.330 e. The summed E-state index contributed by atoms with van der Waals surface area (Å²) in [5.41, 5.74) is 0.779. The van der Waals surface area contributed by atoms with Gasteiger partial charge in [0.1, 0.15) is 5.75 Å². The highest BCUT2D eigenvalue weighted by atomic mass is 16.5. The number of unbranched alkanes of at least 4 members (excludes halogenated alkanes) is 2. The van der Waals surface area contributed by atoms with Crippen molar-refractivity contribution in [2.75, 3.05) is 26.3 Å². The predicted octanol–water partition coefficient (Wildman–Crippen LogP) is 2.79. The van der Waals surface area contributed by atoms with Crippen molar-refractivity contribution in [3.05, 3.63) is 61.2 Å². The highest BCUT2D eigenvalue weighted by molar-refractivity contribution is 5.88. The van der Waals surface area contributed by atoms with Crippen LogP contribution in [0.2, 0.25) is 0 Å². The lowest BCUT2D eigenvalue weighted by atomic mass is 10.2. The van der Waals surface area contributed by atoms with E-state index < -0.39 is 5.97 Å². The Morgan fingerprint density at radius 1 is 0.867 bits per heavy atom. The van der Waals surface area contributed by atoms with E-state index in [9.17, 15) is 14.4 Å². The highest BCUT2D eigenvalue weighted by Gasteiger charge is 2.03. The highest BCUT2D eigenvalue weighted by Crippen LogP contribution is 2.19. The molecule has 2 amide bonds. The van der Waals surface area contributed by atoms with Crippen molar-refractivity contribution < 1.29 is 23.9 Å². The number of amides is 2. The van der Waals surface area contributed by atoms with E-state index in [0.717, 1.165) is 18.4 Å². The van der Waals surface area contributed by atoms with Gasteiger partial charge in [0.2, 0.25) is 11.8 Å². The molecule has 0 heterocycles. The summed E-state index contributed by atoms with van der Waals surface area (Å²) in [4.78, 5) is 33.9. The first kappa shape index (κ1) is 24.7. The van der Waals surface area contributed by atoms with Crippen molar-refractivity contribution in [2.24, 2.45) is 0 Å². The molecule has 0 aliphatic carbocycles. The fourth-order valence-corrected chi connectivity index (χ4v) is 2.33. The van der Waals surface area contributed by atoms with E-state index in [4.69, 9.17) is 9.47 Å². The second kappa shape index (κ2) is 15.6. The zero-order valence-electron chi connectivity index (χ0n) is 17.2. The summed E-state index contributed by atoms with van der Waals surface area (Å²) < 4.78 is 10.9. The molecule has 0 unspecified atom stereocenters. The van der Waals surface area contributed by atoms with Crippen LogP contribution in [0, 0.1) is 0 Å². The maximum absolute atomic E-state index is 11.9. The molecule has 7 nitrogen and oxygen atoms in total. The third kappa shape index (κ3) is 11.5. The normalized spacial score (nSPS) is 10.3. The van der Waals surface area contributed by atoms with E-state index in [1.807, 2.05) is 24.3 Å². The molecule has 7 heteroatoms. The van der Waals surface area contributed by atoms with Crippen molar-refractivity contribution >= 4 is 23.9 Å². The van der Waals surface area contributed by atoms with Crippen LogP contribution >= 0.6 is 0 Å². The van der Waals surface area contributed by atoms with Crippen LogP contribution in [0.25, 0.3) is 6.08 Å². The molecule has 0 bridgehead atoms. The second-order valence-electron chi connectivity index (χ2n) is 6.29. The van der Waals surface area contributed by atoms with Gasteiger partial charge in [0.25, 0.3) is 0 Å². The number of carbonyl (C=O) groups excluding carboxylic acids is 3. The van der Waals surface area contributed by atoms with Gasteiger partial charge in [-0.25, -0.2) is 4.79 Å². The number of nitrogens with one attached hydrogen (secondary N) is 2. The Labute approximate surface area is 177 Å². The number of benzene rings is 1. The first-order valence-electron chi connectivity index (χ1n) is 9.94. The fraction of sp³-hybridized carbons (Fsp3) is 0.348. The minimum absolute atomic E-state index is 0.183. The summed E-state index contributed by atoms with van der Waals surface area (Å²) in [6.45, 7) is 8.65. The SMILES string of the molecule is C=CC(=O)NCCCCOC(=O)C=Cc1ccccc1OCCCCNC(=O)C=C. The Balaban J connectivity index is 2.30. The number of para-hydroxylation sites is 1. The number of hydrogen-bond donors (Lipinski definition) is 2. The topological polar surface area (TPSA) is 93.7 Å². The summed E-state index contributed by atoms with van der Waals surface area (Å²) in [6.07, 6.45) is 8.43.